The normalized spacial score (nSPS) is 13.4. The van der Waals surface area contributed by atoms with Gasteiger partial charge in [-0.1, -0.05) is 0 Å². The maximum absolute atomic E-state index is 14.2. The van der Waals surface area contributed by atoms with Crippen molar-refractivity contribution in [2.24, 2.45) is 5.92 Å². The Labute approximate surface area is 175 Å². The number of methoxy groups -OCH3 is 1. The van der Waals surface area contributed by atoms with E-state index in [9.17, 15) is 19.4 Å². The van der Waals surface area contributed by atoms with Crippen molar-refractivity contribution in [3.63, 3.8) is 0 Å². The molecule has 2 aromatic rings. The third-order valence-electron chi connectivity index (χ3n) is 4.85. The summed E-state index contributed by atoms with van der Waals surface area (Å²) < 4.78 is 20.6. The number of benzene rings is 1. The van der Waals surface area contributed by atoms with Crippen LogP contribution in [0, 0.1) is 11.7 Å². The second-order valence-electron chi connectivity index (χ2n) is 7.06. The average Bonchev–Trinajstić information content (AvgIpc) is 3.49. The molecule has 1 aliphatic rings. The summed E-state index contributed by atoms with van der Waals surface area (Å²) in [5.74, 6) is 0.102. The van der Waals surface area contributed by atoms with E-state index >= 15 is 0 Å². The number of ether oxygens (including phenoxy) is 1. The first-order valence-electron chi connectivity index (χ1n) is 9.44. The van der Waals surface area contributed by atoms with Crippen molar-refractivity contribution in [3.8, 4) is 17.0 Å². The molecular formula is C20H27ClFN3O4. The van der Waals surface area contributed by atoms with Crippen molar-refractivity contribution in [2.45, 2.75) is 25.9 Å². The molecule has 160 valence electrons. The largest absolute Gasteiger partial charge is 0.494 e. The van der Waals surface area contributed by atoms with E-state index in [1.165, 1.54) is 23.9 Å². The lowest BCUT2D eigenvalue weighted by Gasteiger charge is -2.20. The molecular weight excluding hydrogens is 401 g/mol. The first kappa shape index (κ1) is 23.3. The molecule has 1 aromatic heterocycles. The van der Waals surface area contributed by atoms with Gasteiger partial charge in [0.15, 0.2) is 11.6 Å². The SMILES string of the molecule is COc1ccc(-c2cc(CN(CCO)CCO)c(=O)n(CC3CC3)n2)cc1F.Cl. The van der Waals surface area contributed by atoms with E-state index in [0.29, 0.717) is 42.4 Å². The van der Waals surface area contributed by atoms with Crippen LogP contribution in [0.4, 0.5) is 4.39 Å². The lowest BCUT2D eigenvalue weighted by Crippen LogP contribution is -2.34. The lowest BCUT2D eigenvalue weighted by atomic mass is 10.1. The highest BCUT2D eigenvalue weighted by Crippen LogP contribution is 2.30. The summed E-state index contributed by atoms with van der Waals surface area (Å²) in [6, 6.07) is 6.25. The Morgan fingerprint density at radius 2 is 1.93 bits per heavy atom. The highest BCUT2D eigenvalue weighted by molar-refractivity contribution is 5.85. The van der Waals surface area contributed by atoms with Gasteiger partial charge in [0.2, 0.25) is 0 Å². The van der Waals surface area contributed by atoms with Crippen LogP contribution in [0.15, 0.2) is 29.1 Å². The van der Waals surface area contributed by atoms with E-state index in [0.717, 1.165) is 12.8 Å². The van der Waals surface area contributed by atoms with Gasteiger partial charge < -0.3 is 14.9 Å². The van der Waals surface area contributed by atoms with Gasteiger partial charge in [-0.15, -0.1) is 12.4 Å². The summed E-state index contributed by atoms with van der Waals surface area (Å²) in [6.07, 6.45) is 2.15. The maximum Gasteiger partial charge on any atom is 0.271 e. The monoisotopic (exact) mass is 427 g/mol. The second kappa shape index (κ2) is 10.7. The van der Waals surface area contributed by atoms with Crippen LogP contribution in [-0.4, -0.2) is 58.3 Å². The zero-order chi connectivity index (χ0) is 20.1. The van der Waals surface area contributed by atoms with Gasteiger partial charge in [0, 0.05) is 37.3 Å². The minimum Gasteiger partial charge on any atom is -0.494 e. The molecule has 0 amide bonds. The summed E-state index contributed by atoms with van der Waals surface area (Å²) in [4.78, 5) is 14.7. The number of aliphatic hydroxyl groups is 2. The molecule has 2 N–H and O–H groups in total. The average molecular weight is 428 g/mol. The first-order valence-corrected chi connectivity index (χ1v) is 9.44. The summed E-state index contributed by atoms with van der Waals surface area (Å²) in [6.45, 7) is 1.36. The van der Waals surface area contributed by atoms with E-state index in [1.807, 2.05) is 0 Å². The van der Waals surface area contributed by atoms with Gasteiger partial charge in [-0.3, -0.25) is 9.69 Å². The summed E-state index contributed by atoms with van der Waals surface area (Å²) in [5.41, 5.74) is 1.37. The quantitative estimate of drug-likeness (QED) is 0.599. The number of hydrogen-bond donors (Lipinski definition) is 2. The van der Waals surface area contributed by atoms with E-state index in [1.54, 1.807) is 17.0 Å². The fraction of sp³-hybridized carbons (Fsp3) is 0.500. The fourth-order valence-corrected chi connectivity index (χ4v) is 3.14. The van der Waals surface area contributed by atoms with Crippen LogP contribution in [0.2, 0.25) is 0 Å². The van der Waals surface area contributed by atoms with Crippen molar-refractivity contribution >= 4 is 12.4 Å². The second-order valence-corrected chi connectivity index (χ2v) is 7.06. The van der Waals surface area contributed by atoms with Crippen molar-refractivity contribution in [3.05, 3.63) is 46.0 Å². The zero-order valence-corrected chi connectivity index (χ0v) is 17.2. The Morgan fingerprint density at radius 1 is 1.24 bits per heavy atom. The topological polar surface area (TPSA) is 87.8 Å². The van der Waals surface area contributed by atoms with Gasteiger partial charge in [-0.05, 0) is 43.0 Å². The Hall–Kier alpha value is -2.00. The minimum atomic E-state index is -0.495. The molecule has 7 nitrogen and oxygen atoms in total. The molecule has 9 heteroatoms. The number of rotatable bonds is 10. The van der Waals surface area contributed by atoms with Crippen molar-refractivity contribution in [2.75, 3.05) is 33.4 Å². The molecule has 1 fully saturated rings. The summed E-state index contributed by atoms with van der Waals surface area (Å²) in [7, 11) is 1.40. The molecule has 29 heavy (non-hydrogen) atoms. The number of halogens is 2. The minimum absolute atomic E-state index is 0. The Morgan fingerprint density at radius 3 is 2.48 bits per heavy atom. The number of nitrogens with zero attached hydrogens (tertiary/aromatic N) is 3. The van der Waals surface area contributed by atoms with Crippen molar-refractivity contribution in [1.82, 2.24) is 14.7 Å². The third-order valence-corrected chi connectivity index (χ3v) is 4.85. The molecule has 0 aliphatic heterocycles. The molecule has 1 aromatic carbocycles. The molecule has 0 spiro atoms. The van der Waals surface area contributed by atoms with Crippen LogP contribution < -0.4 is 10.3 Å². The van der Waals surface area contributed by atoms with E-state index < -0.39 is 5.82 Å². The highest BCUT2D eigenvalue weighted by Gasteiger charge is 2.24. The number of aromatic nitrogens is 2. The highest BCUT2D eigenvalue weighted by atomic mass is 35.5. The molecule has 3 rings (SSSR count). The van der Waals surface area contributed by atoms with Crippen LogP contribution in [0.5, 0.6) is 5.75 Å². The molecule has 1 saturated carbocycles. The van der Waals surface area contributed by atoms with E-state index in [4.69, 9.17) is 4.74 Å². The van der Waals surface area contributed by atoms with Crippen LogP contribution in [0.3, 0.4) is 0 Å². The fourth-order valence-electron chi connectivity index (χ4n) is 3.14. The van der Waals surface area contributed by atoms with Crippen LogP contribution in [0.25, 0.3) is 11.3 Å². The molecule has 0 saturated heterocycles. The van der Waals surface area contributed by atoms with Crippen LogP contribution >= 0.6 is 12.4 Å². The van der Waals surface area contributed by atoms with Crippen molar-refractivity contribution < 1.29 is 19.3 Å². The Balaban J connectivity index is 0.00000300. The van der Waals surface area contributed by atoms with Gasteiger partial charge >= 0.3 is 0 Å². The smallest absolute Gasteiger partial charge is 0.271 e. The summed E-state index contributed by atoms with van der Waals surface area (Å²) >= 11 is 0. The van der Waals surface area contributed by atoms with Gasteiger partial charge in [-0.25, -0.2) is 9.07 Å². The number of aliphatic hydroxyl groups excluding tert-OH is 2. The lowest BCUT2D eigenvalue weighted by molar-refractivity contribution is 0.155. The first-order chi connectivity index (χ1) is 13.5. The Kier molecular flexibility index (Phi) is 8.58. The standard InChI is InChI=1S/C20H26FN3O4.ClH/c1-28-19-5-4-15(10-17(19)21)18-11-16(13-23(6-8-25)7-9-26)20(27)24(22-18)12-14-2-3-14;/h4-5,10-11,14,25-26H,2-3,6-9,12-13H2,1H3;1H. The molecule has 0 bridgehead atoms. The van der Waals surface area contributed by atoms with Crippen LogP contribution in [0.1, 0.15) is 18.4 Å². The Bertz CT molecular complexity index is 867. The van der Waals surface area contributed by atoms with Gasteiger partial charge in [0.05, 0.1) is 26.0 Å². The molecule has 1 heterocycles. The van der Waals surface area contributed by atoms with Crippen LogP contribution in [-0.2, 0) is 13.1 Å². The maximum atomic E-state index is 14.2. The molecule has 0 atom stereocenters. The van der Waals surface area contributed by atoms with Gasteiger partial charge in [0.25, 0.3) is 5.56 Å². The zero-order valence-electron chi connectivity index (χ0n) is 16.4. The molecule has 0 unspecified atom stereocenters. The van der Waals surface area contributed by atoms with E-state index in [2.05, 4.69) is 5.10 Å². The summed E-state index contributed by atoms with van der Waals surface area (Å²) in [5, 5.41) is 22.9. The van der Waals surface area contributed by atoms with Crippen molar-refractivity contribution in [1.29, 1.82) is 0 Å². The predicted octanol–water partition coefficient (Wildman–Crippen LogP) is 1.68. The predicted molar refractivity (Wildman–Crippen MR) is 110 cm³/mol. The number of hydrogen-bond acceptors (Lipinski definition) is 6. The van der Waals surface area contributed by atoms with E-state index in [-0.39, 0.29) is 43.5 Å². The van der Waals surface area contributed by atoms with Gasteiger partial charge in [0.1, 0.15) is 0 Å². The molecule has 1 aliphatic carbocycles. The third kappa shape index (κ3) is 5.99. The van der Waals surface area contributed by atoms with Gasteiger partial charge in [-0.2, -0.15) is 5.10 Å². The molecule has 0 radical (unpaired) electrons.